The van der Waals surface area contributed by atoms with E-state index in [0.29, 0.717) is 16.6 Å². The Bertz CT molecular complexity index is 1130. The minimum atomic E-state index is -0.350. The van der Waals surface area contributed by atoms with Crippen LogP contribution in [0.1, 0.15) is 76.9 Å². The minimum absolute atomic E-state index is 0. The molecular weight excluding hydrogens is 489 g/mol. The molecule has 1 amide bonds. The fraction of sp³-hybridized carbons (Fsp3) is 0.480. The van der Waals surface area contributed by atoms with Crippen molar-refractivity contribution in [2.45, 2.75) is 76.9 Å². The second kappa shape index (κ2) is 9.97. The van der Waals surface area contributed by atoms with Gasteiger partial charge in [0.2, 0.25) is 5.91 Å². The number of hydrogen-bond donors (Lipinski definition) is 2. The summed E-state index contributed by atoms with van der Waals surface area (Å²) >= 11 is 7.59. The first-order valence-electron chi connectivity index (χ1n) is 11.3. The summed E-state index contributed by atoms with van der Waals surface area (Å²) in [6.45, 7) is 12.7. The van der Waals surface area contributed by atoms with Crippen molar-refractivity contribution in [3.8, 4) is 0 Å². The molecule has 1 aromatic carbocycles. The number of benzene rings is 1. The zero-order valence-corrected chi connectivity index (χ0v) is 22.8. The average Bonchev–Trinajstić information content (AvgIpc) is 3.46. The number of carbonyl (C=O) groups excluding carboxylic acids is 1. The topological polar surface area (TPSA) is 71.8 Å². The van der Waals surface area contributed by atoms with Crippen LogP contribution in [0.25, 0.3) is 0 Å². The van der Waals surface area contributed by atoms with E-state index in [0.717, 1.165) is 17.0 Å². The third kappa shape index (κ3) is 5.82. The number of thiazole rings is 1. The van der Waals surface area contributed by atoms with E-state index >= 15 is 0 Å². The first-order chi connectivity index (χ1) is 15.4. The average molecular weight is 523 g/mol. The van der Waals surface area contributed by atoms with Crippen LogP contribution in [0.4, 0.5) is 5.13 Å². The van der Waals surface area contributed by atoms with Crippen molar-refractivity contribution >= 4 is 46.4 Å². The maximum Gasteiger partial charge on any atom is 0.243 e. The lowest BCUT2D eigenvalue weighted by Gasteiger charge is -2.21. The lowest BCUT2D eigenvalue weighted by molar-refractivity contribution is -0.117. The largest absolute Gasteiger partial charge is 0.301 e. The van der Waals surface area contributed by atoms with Crippen molar-refractivity contribution in [3.05, 3.63) is 63.9 Å². The van der Waals surface area contributed by atoms with E-state index in [1.807, 2.05) is 40.5 Å². The maximum absolute atomic E-state index is 13.2. The number of rotatable bonds is 4. The molecule has 1 saturated heterocycles. The number of hydrogen-bond acceptors (Lipinski definition) is 5. The van der Waals surface area contributed by atoms with E-state index in [4.69, 9.17) is 16.7 Å². The predicted octanol–water partition coefficient (Wildman–Crippen LogP) is 6.29. The second-order valence-electron chi connectivity index (χ2n) is 10.7. The van der Waals surface area contributed by atoms with Crippen LogP contribution in [0.5, 0.6) is 0 Å². The molecule has 6 nitrogen and oxygen atoms in total. The van der Waals surface area contributed by atoms with Gasteiger partial charge in [-0.2, -0.15) is 5.10 Å². The summed E-state index contributed by atoms with van der Waals surface area (Å²) in [4.78, 5) is 17.8. The Morgan fingerprint density at radius 2 is 1.82 bits per heavy atom. The van der Waals surface area contributed by atoms with Crippen molar-refractivity contribution in [2.24, 2.45) is 0 Å². The van der Waals surface area contributed by atoms with Gasteiger partial charge in [0.25, 0.3) is 0 Å². The van der Waals surface area contributed by atoms with Gasteiger partial charge in [-0.25, -0.2) is 4.98 Å². The molecule has 34 heavy (non-hydrogen) atoms. The highest BCUT2D eigenvalue weighted by Gasteiger charge is 2.40. The van der Waals surface area contributed by atoms with Gasteiger partial charge in [0.1, 0.15) is 0 Å². The number of aromatic nitrogens is 3. The van der Waals surface area contributed by atoms with Gasteiger partial charge in [-0.1, -0.05) is 44.5 Å². The van der Waals surface area contributed by atoms with Gasteiger partial charge in [-0.3, -0.25) is 14.8 Å². The molecule has 0 aliphatic carbocycles. The highest BCUT2D eigenvalue weighted by atomic mass is 35.5. The van der Waals surface area contributed by atoms with Crippen LogP contribution in [-0.2, 0) is 15.7 Å². The number of nitrogens with zero attached hydrogens (tertiary/aromatic N) is 3. The molecule has 2 aromatic heterocycles. The number of nitrogens with one attached hydrogen (secondary N) is 2. The van der Waals surface area contributed by atoms with Crippen LogP contribution in [-0.4, -0.2) is 26.7 Å². The Hall–Kier alpha value is -1.93. The van der Waals surface area contributed by atoms with Gasteiger partial charge >= 0.3 is 0 Å². The first-order valence-corrected chi connectivity index (χ1v) is 12.5. The van der Waals surface area contributed by atoms with Gasteiger partial charge in [-0.15, -0.1) is 23.7 Å². The Labute approximate surface area is 216 Å². The molecule has 0 radical (unpaired) electrons. The lowest BCUT2D eigenvalue weighted by Crippen LogP contribution is -2.36. The van der Waals surface area contributed by atoms with Crippen molar-refractivity contribution in [3.63, 3.8) is 0 Å². The number of halogens is 2. The zero-order chi connectivity index (χ0) is 24.0. The predicted molar refractivity (Wildman–Crippen MR) is 142 cm³/mol. The van der Waals surface area contributed by atoms with E-state index in [-0.39, 0.29) is 47.3 Å². The Balaban J connectivity index is 0.00000324. The quantitative estimate of drug-likeness (QED) is 0.422. The molecule has 3 atom stereocenters. The Morgan fingerprint density at radius 1 is 1.15 bits per heavy atom. The fourth-order valence-electron chi connectivity index (χ4n) is 4.04. The van der Waals surface area contributed by atoms with Crippen LogP contribution in [0.2, 0.25) is 5.02 Å². The summed E-state index contributed by atoms with van der Waals surface area (Å²) in [6, 6.07) is 9.49. The molecule has 2 N–H and O–H groups in total. The van der Waals surface area contributed by atoms with E-state index in [1.165, 1.54) is 11.3 Å². The molecule has 1 unspecified atom stereocenters. The van der Waals surface area contributed by atoms with Gasteiger partial charge in [0.15, 0.2) is 5.13 Å². The number of anilines is 1. The highest BCUT2D eigenvalue weighted by molar-refractivity contribution is 7.14. The molecule has 0 spiro atoms. The molecule has 1 fully saturated rings. The molecule has 184 valence electrons. The van der Waals surface area contributed by atoms with E-state index < -0.39 is 0 Å². The summed E-state index contributed by atoms with van der Waals surface area (Å²) in [7, 11) is 0. The van der Waals surface area contributed by atoms with Gasteiger partial charge in [-0.05, 0) is 51.0 Å². The van der Waals surface area contributed by atoms with E-state index in [2.05, 4.69) is 63.2 Å². The normalized spacial score (nSPS) is 20.7. The molecule has 1 aliphatic heterocycles. The smallest absolute Gasteiger partial charge is 0.243 e. The molecule has 9 heteroatoms. The fourth-order valence-corrected chi connectivity index (χ4v) is 5.11. The van der Waals surface area contributed by atoms with Crippen LogP contribution >= 0.6 is 35.3 Å². The van der Waals surface area contributed by atoms with E-state index in [1.54, 1.807) is 0 Å². The molecule has 4 rings (SSSR count). The SMILES string of the molecule is CC(C)(C)c1csc(NC(=O)[C@@H]2CC(c3ccn(C(C)(C)C)n3)[C@H](c3ccc(Cl)cc3)N2)n1.Cl. The lowest BCUT2D eigenvalue weighted by atomic mass is 9.90. The number of carbonyl (C=O) groups is 1. The van der Waals surface area contributed by atoms with Crippen LogP contribution < -0.4 is 10.6 Å². The first kappa shape index (κ1) is 26.7. The van der Waals surface area contributed by atoms with Crippen LogP contribution in [0, 0.1) is 0 Å². The molecule has 0 bridgehead atoms. The summed E-state index contributed by atoms with van der Waals surface area (Å²) < 4.78 is 1.98. The Morgan fingerprint density at radius 3 is 2.38 bits per heavy atom. The van der Waals surface area contributed by atoms with Gasteiger partial charge in [0, 0.05) is 34.0 Å². The summed E-state index contributed by atoms with van der Waals surface area (Å²) in [6.07, 6.45) is 2.67. The molecular formula is C25H33Cl2N5OS. The van der Waals surface area contributed by atoms with Crippen LogP contribution in [0.15, 0.2) is 41.9 Å². The zero-order valence-electron chi connectivity index (χ0n) is 20.4. The second-order valence-corrected chi connectivity index (χ2v) is 12.0. The van der Waals surface area contributed by atoms with Gasteiger partial charge in [0.05, 0.1) is 23.0 Å². The summed E-state index contributed by atoms with van der Waals surface area (Å²) in [5.74, 6) is -0.00603. The number of amides is 1. The molecule has 3 aromatic rings. The van der Waals surface area contributed by atoms with E-state index in [9.17, 15) is 4.79 Å². The van der Waals surface area contributed by atoms with Gasteiger partial charge < -0.3 is 5.32 Å². The minimum Gasteiger partial charge on any atom is -0.301 e. The standard InChI is InChI=1S/C25H32ClN5OS.ClH/c1-24(2,3)20-14-33-23(28-20)29-22(32)19-13-17(18-11-12-31(30-18)25(4,5)6)21(27-19)15-7-9-16(26)10-8-15;/h7-12,14,17,19,21,27H,13H2,1-6H3,(H,28,29,32);1H/t17?,19-,21-;/m0./s1. The molecule has 0 saturated carbocycles. The highest BCUT2D eigenvalue weighted by Crippen LogP contribution is 2.40. The Kier molecular flexibility index (Phi) is 7.82. The molecule has 1 aliphatic rings. The van der Waals surface area contributed by atoms with Crippen molar-refractivity contribution in [2.75, 3.05) is 5.32 Å². The molecule has 3 heterocycles. The van der Waals surface area contributed by atoms with Crippen molar-refractivity contribution in [1.29, 1.82) is 0 Å². The third-order valence-corrected chi connectivity index (χ3v) is 7.01. The third-order valence-electron chi connectivity index (χ3n) is 6.00. The summed E-state index contributed by atoms with van der Waals surface area (Å²) in [5, 5.41) is 14.8. The van der Waals surface area contributed by atoms with Crippen LogP contribution in [0.3, 0.4) is 0 Å². The monoisotopic (exact) mass is 521 g/mol. The van der Waals surface area contributed by atoms with Crippen molar-refractivity contribution in [1.82, 2.24) is 20.1 Å². The maximum atomic E-state index is 13.2. The summed E-state index contributed by atoms with van der Waals surface area (Å²) in [5.41, 5.74) is 2.90. The van der Waals surface area contributed by atoms with Crippen molar-refractivity contribution < 1.29 is 4.79 Å².